The number of hydrogen-bond donors (Lipinski definition) is 0. The molecule has 12 heavy (non-hydrogen) atoms. The lowest BCUT2D eigenvalue weighted by atomic mass is 10.1. The van der Waals surface area contributed by atoms with Crippen molar-refractivity contribution in [2.24, 2.45) is 11.8 Å². The first-order valence-corrected chi connectivity index (χ1v) is 4.63. The lowest BCUT2D eigenvalue weighted by molar-refractivity contribution is 1.06. The molecule has 1 aromatic carbocycles. The summed E-state index contributed by atoms with van der Waals surface area (Å²) in [6.45, 7) is 2.16. The molecule has 0 spiro atoms. The van der Waals surface area contributed by atoms with E-state index < -0.39 is 0 Å². The van der Waals surface area contributed by atoms with Gasteiger partial charge in [0, 0.05) is 0 Å². The predicted octanol–water partition coefficient (Wildman–Crippen LogP) is 1.21. The minimum Gasteiger partial charge on any atom is -0.0729 e. The topological polar surface area (TPSA) is 0 Å². The van der Waals surface area contributed by atoms with E-state index in [1.807, 2.05) is 0 Å². The molecule has 0 N–H and O–H groups in total. The third kappa shape index (κ3) is 0.842. The molecule has 0 aromatic heterocycles. The third-order valence-corrected chi connectivity index (χ3v) is 2.92. The molecule has 0 bridgehead atoms. The number of rotatable bonds is 0. The summed E-state index contributed by atoms with van der Waals surface area (Å²) in [5, 5.41) is 2.90. The van der Waals surface area contributed by atoms with Crippen molar-refractivity contribution in [1.82, 2.24) is 0 Å². The standard InChI is InChI=1S/C12H12/c1-8-2-3-9-5-11-7-12(11)6-10(9)4-8/h2-6,11-12H,7H2,1H3. The number of aryl methyl sites for hydroxylation is 1. The van der Waals surface area contributed by atoms with Gasteiger partial charge >= 0.3 is 0 Å². The van der Waals surface area contributed by atoms with E-state index in [-0.39, 0.29) is 0 Å². The van der Waals surface area contributed by atoms with Crippen LogP contribution in [0.4, 0.5) is 0 Å². The van der Waals surface area contributed by atoms with Crippen LogP contribution in [-0.2, 0) is 0 Å². The van der Waals surface area contributed by atoms with Crippen molar-refractivity contribution in [3.63, 3.8) is 0 Å². The molecule has 60 valence electrons. The van der Waals surface area contributed by atoms with Crippen molar-refractivity contribution in [3.8, 4) is 0 Å². The van der Waals surface area contributed by atoms with Crippen molar-refractivity contribution in [3.05, 3.63) is 34.2 Å². The Morgan fingerprint density at radius 3 is 2.67 bits per heavy atom. The van der Waals surface area contributed by atoms with Gasteiger partial charge in [0.1, 0.15) is 0 Å². The predicted molar refractivity (Wildman–Crippen MR) is 51.0 cm³/mol. The molecular weight excluding hydrogens is 144 g/mol. The molecule has 2 atom stereocenters. The molecule has 2 aliphatic carbocycles. The molecule has 0 radical (unpaired) electrons. The van der Waals surface area contributed by atoms with Gasteiger partial charge in [-0.3, -0.25) is 0 Å². The van der Waals surface area contributed by atoms with Crippen molar-refractivity contribution < 1.29 is 0 Å². The van der Waals surface area contributed by atoms with Crippen LogP contribution in [0.15, 0.2) is 18.2 Å². The summed E-state index contributed by atoms with van der Waals surface area (Å²) in [5.41, 5.74) is 1.37. The molecule has 0 aliphatic heterocycles. The van der Waals surface area contributed by atoms with Gasteiger partial charge in [-0.2, -0.15) is 0 Å². The zero-order valence-corrected chi connectivity index (χ0v) is 7.25. The fourth-order valence-corrected chi connectivity index (χ4v) is 2.07. The van der Waals surface area contributed by atoms with E-state index in [0.29, 0.717) is 0 Å². The molecule has 0 heterocycles. The van der Waals surface area contributed by atoms with Gasteiger partial charge in [0.2, 0.25) is 0 Å². The Labute approximate surface area is 72.2 Å². The SMILES string of the molecule is Cc1ccc2c(c1)=CC1CC1C=2. The summed E-state index contributed by atoms with van der Waals surface area (Å²) in [6.07, 6.45) is 6.25. The molecule has 3 rings (SSSR count). The van der Waals surface area contributed by atoms with Gasteiger partial charge in [-0.05, 0) is 35.6 Å². The van der Waals surface area contributed by atoms with Gasteiger partial charge in [-0.25, -0.2) is 0 Å². The van der Waals surface area contributed by atoms with Gasteiger partial charge in [-0.15, -0.1) is 0 Å². The average Bonchev–Trinajstić information content (AvgIpc) is 2.77. The average molecular weight is 156 g/mol. The van der Waals surface area contributed by atoms with Crippen LogP contribution in [0, 0.1) is 18.8 Å². The van der Waals surface area contributed by atoms with Crippen LogP contribution in [0.5, 0.6) is 0 Å². The third-order valence-electron chi connectivity index (χ3n) is 2.92. The van der Waals surface area contributed by atoms with E-state index in [4.69, 9.17) is 0 Å². The maximum Gasteiger partial charge on any atom is -0.0155 e. The molecule has 0 heteroatoms. The largest absolute Gasteiger partial charge is 0.0729 e. The Kier molecular flexibility index (Phi) is 1.08. The minimum absolute atomic E-state index is 0.874. The van der Waals surface area contributed by atoms with Crippen LogP contribution >= 0.6 is 0 Å². The summed E-state index contributed by atoms with van der Waals surface area (Å²) in [5.74, 6) is 1.75. The minimum atomic E-state index is 0.874. The van der Waals surface area contributed by atoms with Gasteiger partial charge in [0.05, 0.1) is 0 Å². The Balaban J connectivity index is 2.37. The summed E-state index contributed by atoms with van der Waals surface area (Å²) in [4.78, 5) is 0. The van der Waals surface area contributed by atoms with Crippen LogP contribution in [0.3, 0.4) is 0 Å². The molecule has 1 fully saturated rings. The Morgan fingerprint density at radius 2 is 1.83 bits per heavy atom. The molecular formula is C12H12. The second-order valence-corrected chi connectivity index (χ2v) is 4.03. The monoisotopic (exact) mass is 156 g/mol. The Hall–Kier alpha value is -1.04. The van der Waals surface area contributed by atoms with Gasteiger partial charge < -0.3 is 0 Å². The molecule has 1 aromatic rings. The Morgan fingerprint density at radius 1 is 1.08 bits per heavy atom. The van der Waals surface area contributed by atoms with Crippen LogP contribution < -0.4 is 10.4 Å². The van der Waals surface area contributed by atoms with Crippen LogP contribution in [0.25, 0.3) is 12.2 Å². The summed E-state index contributed by atoms with van der Waals surface area (Å²) < 4.78 is 0. The summed E-state index contributed by atoms with van der Waals surface area (Å²) in [7, 11) is 0. The first-order chi connectivity index (χ1) is 5.83. The molecule has 2 unspecified atom stereocenters. The Bertz CT molecular complexity index is 440. The second kappa shape index (κ2) is 2.01. The van der Waals surface area contributed by atoms with Crippen molar-refractivity contribution in [1.29, 1.82) is 0 Å². The van der Waals surface area contributed by atoms with E-state index >= 15 is 0 Å². The zero-order valence-electron chi connectivity index (χ0n) is 7.25. The van der Waals surface area contributed by atoms with Crippen LogP contribution in [0.1, 0.15) is 12.0 Å². The first kappa shape index (κ1) is 6.47. The van der Waals surface area contributed by atoms with E-state index in [2.05, 4.69) is 37.3 Å². The smallest absolute Gasteiger partial charge is 0.0155 e. The molecule has 0 nitrogen and oxygen atoms in total. The maximum absolute atomic E-state index is 2.44. The van der Waals surface area contributed by atoms with Crippen molar-refractivity contribution in [2.75, 3.05) is 0 Å². The lowest BCUT2D eigenvalue weighted by Crippen LogP contribution is -2.27. The van der Waals surface area contributed by atoms with Crippen molar-refractivity contribution in [2.45, 2.75) is 13.3 Å². The molecule has 1 saturated carbocycles. The number of fused-ring (bicyclic) bond motifs is 2. The fourth-order valence-electron chi connectivity index (χ4n) is 2.07. The van der Waals surface area contributed by atoms with E-state index in [9.17, 15) is 0 Å². The van der Waals surface area contributed by atoms with Crippen LogP contribution in [-0.4, -0.2) is 0 Å². The van der Waals surface area contributed by atoms with Gasteiger partial charge in [-0.1, -0.05) is 35.9 Å². The first-order valence-electron chi connectivity index (χ1n) is 4.63. The zero-order chi connectivity index (χ0) is 8.13. The van der Waals surface area contributed by atoms with E-state index in [1.54, 1.807) is 0 Å². The molecule has 2 aliphatic rings. The normalized spacial score (nSPS) is 29.4. The summed E-state index contributed by atoms with van der Waals surface area (Å²) in [6, 6.07) is 6.74. The summed E-state index contributed by atoms with van der Waals surface area (Å²) >= 11 is 0. The highest BCUT2D eigenvalue weighted by atomic mass is 14.4. The van der Waals surface area contributed by atoms with Crippen molar-refractivity contribution >= 4 is 12.2 Å². The molecule has 0 amide bonds. The molecule has 0 saturated heterocycles. The number of hydrogen-bond acceptors (Lipinski definition) is 0. The highest BCUT2D eigenvalue weighted by Crippen LogP contribution is 2.41. The van der Waals surface area contributed by atoms with E-state index in [0.717, 1.165) is 11.8 Å². The lowest BCUT2D eigenvalue weighted by Gasteiger charge is -1.99. The van der Waals surface area contributed by atoms with Gasteiger partial charge in [0.15, 0.2) is 0 Å². The number of benzene rings is 1. The maximum atomic E-state index is 2.44. The van der Waals surface area contributed by atoms with Crippen LogP contribution in [0.2, 0.25) is 0 Å². The highest BCUT2D eigenvalue weighted by molar-refractivity contribution is 5.49. The van der Waals surface area contributed by atoms with Gasteiger partial charge in [0.25, 0.3) is 0 Å². The highest BCUT2D eigenvalue weighted by Gasteiger charge is 2.34. The van der Waals surface area contributed by atoms with E-state index in [1.165, 1.54) is 22.4 Å². The second-order valence-electron chi connectivity index (χ2n) is 4.03. The quantitative estimate of drug-likeness (QED) is 0.529. The fraction of sp³-hybridized carbons (Fsp3) is 0.333.